The molecular formula is C18H15FN2O4S. The zero-order valence-corrected chi connectivity index (χ0v) is 14.7. The van der Waals surface area contributed by atoms with Gasteiger partial charge in [-0.2, -0.15) is 4.99 Å². The highest BCUT2D eigenvalue weighted by atomic mass is 32.1. The number of carbonyl (C=O) groups is 1. The summed E-state index contributed by atoms with van der Waals surface area (Å²) in [6.07, 6.45) is 0. The van der Waals surface area contributed by atoms with Gasteiger partial charge in [-0.05, 0) is 24.3 Å². The lowest BCUT2D eigenvalue weighted by molar-refractivity contribution is -0.120. The van der Waals surface area contributed by atoms with Gasteiger partial charge in [-0.1, -0.05) is 11.3 Å². The van der Waals surface area contributed by atoms with Crippen LogP contribution in [0.2, 0.25) is 0 Å². The Hall–Kier alpha value is -2.87. The molecule has 1 amide bonds. The minimum atomic E-state index is -0.422. The predicted molar refractivity (Wildman–Crippen MR) is 94.3 cm³/mol. The van der Waals surface area contributed by atoms with E-state index in [0.717, 1.165) is 10.2 Å². The van der Waals surface area contributed by atoms with Crippen LogP contribution in [0.25, 0.3) is 10.2 Å². The second-order valence-electron chi connectivity index (χ2n) is 5.66. The number of rotatable bonds is 3. The summed E-state index contributed by atoms with van der Waals surface area (Å²) in [5.41, 5.74) is 0.908. The van der Waals surface area contributed by atoms with Crippen LogP contribution in [0.5, 0.6) is 17.2 Å². The van der Waals surface area contributed by atoms with Crippen molar-refractivity contribution in [2.45, 2.75) is 0 Å². The van der Waals surface area contributed by atoms with Gasteiger partial charge in [0.15, 0.2) is 22.9 Å². The fourth-order valence-corrected chi connectivity index (χ4v) is 3.63. The van der Waals surface area contributed by atoms with Gasteiger partial charge in [-0.15, -0.1) is 0 Å². The van der Waals surface area contributed by atoms with Gasteiger partial charge >= 0.3 is 0 Å². The summed E-state index contributed by atoms with van der Waals surface area (Å²) in [7, 11) is 1.84. The fraction of sp³-hybridized carbons (Fsp3) is 0.222. The van der Waals surface area contributed by atoms with Crippen LogP contribution in [-0.2, 0) is 11.8 Å². The summed E-state index contributed by atoms with van der Waals surface area (Å²) < 4.78 is 32.2. The van der Waals surface area contributed by atoms with Crippen molar-refractivity contribution >= 4 is 27.5 Å². The molecule has 0 atom stereocenters. The van der Waals surface area contributed by atoms with E-state index < -0.39 is 5.91 Å². The second-order valence-corrected chi connectivity index (χ2v) is 6.66. The molecule has 0 saturated heterocycles. The first-order valence-electron chi connectivity index (χ1n) is 7.95. The number of benzene rings is 2. The largest absolute Gasteiger partial charge is 0.486 e. The first kappa shape index (κ1) is 16.6. The van der Waals surface area contributed by atoms with Crippen LogP contribution in [0.15, 0.2) is 41.4 Å². The maximum absolute atomic E-state index is 12.9. The van der Waals surface area contributed by atoms with Gasteiger partial charge in [0, 0.05) is 19.2 Å². The normalized spacial score (nSPS) is 13.8. The Balaban J connectivity index is 1.57. The third kappa shape index (κ3) is 3.28. The average molecular weight is 374 g/mol. The van der Waals surface area contributed by atoms with E-state index in [2.05, 4.69) is 4.99 Å². The molecule has 134 valence electrons. The van der Waals surface area contributed by atoms with E-state index in [1.807, 2.05) is 23.7 Å². The van der Waals surface area contributed by atoms with E-state index in [9.17, 15) is 9.18 Å². The number of aromatic nitrogens is 1. The van der Waals surface area contributed by atoms with Crippen LogP contribution in [0.1, 0.15) is 0 Å². The Labute approximate surface area is 152 Å². The fourth-order valence-electron chi connectivity index (χ4n) is 2.59. The molecule has 8 heteroatoms. The van der Waals surface area contributed by atoms with Crippen molar-refractivity contribution < 1.29 is 23.4 Å². The van der Waals surface area contributed by atoms with Crippen molar-refractivity contribution in [2.24, 2.45) is 12.0 Å². The molecule has 1 aliphatic rings. The molecule has 0 fully saturated rings. The molecule has 6 nitrogen and oxygen atoms in total. The molecular weight excluding hydrogens is 359 g/mol. The van der Waals surface area contributed by atoms with Crippen LogP contribution in [-0.4, -0.2) is 30.3 Å². The third-order valence-electron chi connectivity index (χ3n) is 3.87. The number of ether oxygens (including phenoxy) is 3. The van der Waals surface area contributed by atoms with Crippen LogP contribution >= 0.6 is 11.3 Å². The molecule has 2 aromatic carbocycles. The number of halogens is 1. The van der Waals surface area contributed by atoms with Gasteiger partial charge in [0.25, 0.3) is 5.91 Å². The molecule has 0 spiro atoms. The minimum absolute atomic E-state index is 0.220. The topological polar surface area (TPSA) is 62.1 Å². The predicted octanol–water partition coefficient (Wildman–Crippen LogP) is 2.66. The smallest absolute Gasteiger partial charge is 0.286 e. The van der Waals surface area contributed by atoms with E-state index in [4.69, 9.17) is 14.2 Å². The highest BCUT2D eigenvalue weighted by molar-refractivity contribution is 7.16. The summed E-state index contributed by atoms with van der Waals surface area (Å²) in [6.45, 7) is 0.817. The van der Waals surface area contributed by atoms with E-state index in [1.165, 1.54) is 35.6 Å². The van der Waals surface area contributed by atoms with Gasteiger partial charge in [0.2, 0.25) is 0 Å². The quantitative estimate of drug-likeness (QED) is 0.707. The number of hydrogen-bond donors (Lipinski definition) is 0. The second kappa shape index (κ2) is 6.80. The van der Waals surface area contributed by atoms with Crippen molar-refractivity contribution in [2.75, 3.05) is 19.8 Å². The van der Waals surface area contributed by atoms with Crippen molar-refractivity contribution in [3.8, 4) is 17.2 Å². The molecule has 26 heavy (non-hydrogen) atoms. The van der Waals surface area contributed by atoms with Gasteiger partial charge in [0.1, 0.15) is 24.8 Å². The number of aryl methyl sites for hydroxylation is 1. The zero-order valence-electron chi connectivity index (χ0n) is 13.9. The Kier molecular flexibility index (Phi) is 4.34. The summed E-state index contributed by atoms with van der Waals surface area (Å²) in [5, 5.41) is 0. The van der Waals surface area contributed by atoms with Crippen molar-refractivity contribution in [1.82, 2.24) is 4.57 Å². The molecule has 1 aliphatic heterocycles. The molecule has 0 radical (unpaired) electrons. The number of amides is 1. The third-order valence-corrected chi connectivity index (χ3v) is 4.96. The summed E-state index contributed by atoms with van der Waals surface area (Å²) in [4.78, 5) is 16.8. The molecule has 0 N–H and O–H groups in total. The van der Waals surface area contributed by atoms with Gasteiger partial charge in [0.05, 0.1) is 10.2 Å². The highest BCUT2D eigenvalue weighted by Gasteiger charge is 2.15. The number of hydrogen-bond acceptors (Lipinski definition) is 5. The molecule has 0 bridgehead atoms. The summed E-state index contributed by atoms with van der Waals surface area (Å²) in [5.74, 6) is 1.02. The zero-order chi connectivity index (χ0) is 18.1. The molecule has 0 unspecified atom stereocenters. The van der Waals surface area contributed by atoms with E-state index in [1.54, 1.807) is 0 Å². The van der Waals surface area contributed by atoms with Crippen LogP contribution < -0.4 is 19.0 Å². The minimum Gasteiger partial charge on any atom is -0.486 e. The van der Waals surface area contributed by atoms with Crippen molar-refractivity contribution in [1.29, 1.82) is 0 Å². The Bertz CT molecular complexity index is 1040. The number of nitrogens with zero attached hydrogens (tertiary/aromatic N) is 2. The lowest BCUT2D eigenvalue weighted by atomic mass is 10.3. The lowest BCUT2D eigenvalue weighted by Gasteiger charge is -2.18. The summed E-state index contributed by atoms with van der Waals surface area (Å²) >= 11 is 1.38. The Morgan fingerprint density at radius 1 is 1.23 bits per heavy atom. The maximum Gasteiger partial charge on any atom is 0.286 e. The van der Waals surface area contributed by atoms with Crippen molar-refractivity contribution in [3.63, 3.8) is 0 Å². The first-order chi connectivity index (χ1) is 12.6. The van der Waals surface area contributed by atoms with Crippen LogP contribution in [0.4, 0.5) is 4.39 Å². The van der Waals surface area contributed by atoms with E-state index in [-0.39, 0.29) is 12.4 Å². The molecule has 1 aromatic heterocycles. The van der Waals surface area contributed by atoms with Crippen molar-refractivity contribution in [3.05, 3.63) is 47.0 Å². The molecule has 3 aromatic rings. The molecule has 0 aliphatic carbocycles. The van der Waals surface area contributed by atoms with Gasteiger partial charge in [-0.25, -0.2) is 4.39 Å². The summed E-state index contributed by atoms with van der Waals surface area (Å²) in [6, 6.07) is 9.26. The Morgan fingerprint density at radius 2 is 1.92 bits per heavy atom. The van der Waals surface area contributed by atoms with Crippen LogP contribution in [0, 0.1) is 5.82 Å². The first-order valence-corrected chi connectivity index (χ1v) is 8.77. The van der Waals surface area contributed by atoms with E-state index in [0.29, 0.717) is 35.3 Å². The van der Waals surface area contributed by atoms with Gasteiger partial charge < -0.3 is 18.8 Å². The van der Waals surface area contributed by atoms with Gasteiger partial charge in [-0.3, -0.25) is 4.79 Å². The molecule has 0 saturated carbocycles. The molecule has 2 heterocycles. The van der Waals surface area contributed by atoms with Crippen LogP contribution in [0.3, 0.4) is 0 Å². The number of carbonyl (C=O) groups excluding carboxylic acids is 1. The molecule has 4 rings (SSSR count). The lowest BCUT2D eigenvalue weighted by Crippen LogP contribution is -2.17. The number of fused-ring (bicyclic) bond motifs is 2. The average Bonchev–Trinajstić information content (AvgIpc) is 2.94. The monoisotopic (exact) mass is 374 g/mol. The van der Waals surface area contributed by atoms with E-state index >= 15 is 0 Å². The SMILES string of the molecule is Cn1c(=NC(=O)COc2ccc(F)cc2)sc2cc3c(cc21)OCCO3. The highest BCUT2D eigenvalue weighted by Crippen LogP contribution is 2.35. The number of thiazole rings is 1. The maximum atomic E-state index is 12.9. The standard InChI is InChI=1S/C18H15FN2O4S/c1-21-13-8-14-15(24-7-6-23-14)9-16(13)26-18(21)20-17(22)10-25-12-4-2-11(19)3-5-12/h2-5,8-9H,6-7,10H2,1H3. The Morgan fingerprint density at radius 3 is 2.65 bits per heavy atom.